The third-order valence-corrected chi connectivity index (χ3v) is 3.65. The van der Waals surface area contributed by atoms with Crippen molar-refractivity contribution in [2.45, 2.75) is 26.9 Å². The molecule has 0 atom stereocenters. The van der Waals surface area contributed by atoms with E-state index in [1.165, 1.54) is 13.1 Å². The molecule has 0 unspecified atom stereocenters. The number of hydrogen-bond acceptors (Lipinski definition) is 5. The predicted octanol–water partition coefficient (Wildman–Crippen LogP) is 4.07. The molecule has 2 rings (SSSR count). The van der Waals surface area contributed by atoms with E-state index in [-0.39, 0.29) is 17.9 Å². The summed E-state index contributed by atoms with van der Waals surface area (Å²) in [6.45, 7) is 4.55. The van der Waals surface area contributed by atoms with Crippen molar-refractivity contribution in [2.75, 3.05) is 6.61 Å². The summed E-state index contributed by atoms with van der Waals surface area (Å²) in [6.07, 6.45) is 1.36. The van der Waals surface area contributed by atoms with Gasteiger partial charge in [0.1, 0.15) is 11.3 Å². The van der Waals surface area contributed by atoms with Gasteiger partial charge in [-0.15, -0.1) is 0 Å². The van der Waals surface area contributed by atoms with Crippen LogP contribution in [0.4, 0.5) is 0 Å². The molecule has 0 aliphatic carbocycles. The predicted molar refractivity (Wildman–Crippen MR) is 103 cm³/mol. The molecule has 0 saturated heterocycles. The van der Waals surface area contributed by atoms with Crippen LogP contribution in [0.1, 0.15) is 25.0 Å². The van der Waals surface area contributed by atoms with Gasteiger partial charge in [0.15, 0.2) is 0 Å². The average Bonchev–Trinajstić information content (AvgIpc) is 2.63. The lowest BCUT2D eigenvalue weighted by atomic mass is 10.2. The Hall–Kier alpha value is -3.08. The van der Waals surface area contributed by atoms with E-state index in [1.54, 1.807) is 6.92 Å². The molecule has 5 nitrogen and oxygen atoms in total. The number of carbonyl (C=O) groups excluding carboxylic acids is 1. The number of rotatable bonds is 8. The van der Waals surface area contributed by atoms with Crippen molar-refractivity contribution in [1.82, 2.24) is 5.01 Å². The van der Waals surface area contributed by atoms with Crippen molar-refractivity contribution in [3.63, 3.8) is 0 Å². The van der Waals surface area contributed by atoms with Crippen molar-refractivity contribution < 1.29 is 14.6 Å². The molecule has 0 saturated carbocycles. The van der Waals surface area contributed by atoms with E-state index in [0.29, 0.717) is 13.1 Å². The summed E-state index contributed by atoms with van der Waals surface area (Å²) in [4.78, 5) is 12.0. The van der Waals surface area contributed by atoms with Gasteiger partial charge < -0.3 is 9.84 Å². The van der Waals surface area contributed by atoms with Crippen molar-refractivity contribution in [3.05, 3.63) is 83.1 Å². The van der Waals surface area contributed by atoms with Crippen LogP contribution in [0.2, 0.25) is 0 Å². The van der Waals surface area contributed by atoms with E-state index in [9.17, 15) is 9.90 Å². The Bertz CT molecular complexity index is 710. The summed E-state index contributed by atoms with van der Waals surface area (Å²) in [7, 11) is 0. The third kappa shape index (κ3) is 6.09. The highest BCUT2D eigenvalue weighted by Crippen LogP contribution is 2.11. The Labute approximate surface area is 154 Å². The minimum atomic E-state index is -0.587. The molecule has 0 heterocycles. The van der Waals surface area contributed by atoms with Crippen LogP contribution < -0.4 is 0 Å². The van der Waals surface area contributed by atoms with Crippen LogP contribution in [0.5, 0.6) is 0 Å². The first kappa shape index (κ1) is 19.2. The molecule has 1 N–H and O–H groups in total. The normalized spacial score (nSPS) is 11.9. The maximum atomic E-state index is 12.0. The topological polar surface area (TPSA) is 62.1 Å². The lowest BCUT2D eigenvalue weighted by Gasteiger charge is -2.19. The Kier molecular flexibility index (Phi) is 7.43. The number of carbonyl (C=O) groups is 1. The Morgan fingerprint density at radius 2 is 1.54 bits per heavy atom. The van der Waals surface area contributed by atoms with E-state index in [4.69, 9.17) is 4.74 Å². The van der Waals surface area contributed by atoms with E-state index in [0.717, 1.165) is 11.1 Å². The van der Waals surface area contributed by atoms with Crippen LogP contribution in [-0.2, 0) is 22.6 Å². The molecule has 0 fully saturated rings. The first-order valence-electron chi connectivity index (χ1n) is 8.54. The van der Waals surface area contributed by atoms with Gasteiger partial charge in [-0.3, -0.25) is 5.01 Å². The molecule has 0 radical (unpaired) electrons. The fraction of sp³-hybridized carbons (Fsp3) is 0.238. The Balaban J connectivity index is 2.21. The minimum absolute atomic E-state index is 0.0537. The molecule has 0 amide bonds. The number of allylic oxidation sites excluding steroid dienone is 1. The number of benzene rings is 2. The van der Waals surface area contributed by atoms with Gasteiger partial charge in [-0.25, -0.2) is 4.79 Å². The molecule has 0 spiro atoms. The second-order valence-electron chi connectivity index (χ2n) is 5.76. The summed E-state index contributed by atoms with van der Waals surface area (Å²) >= 11 is 0. The zero-order valence-corrected chi connectivity index (χ0v) is 15.1. The fourth-order valence-electron chi connectivity index (χ4n) is 2.37. The molecule has 26 heavy (non-hydrogen) atoms. The Morgan fingerprint density at radius 3 is 1.96 bits per heavy atom. The summed E-state index contributed by atoms with van der Waals surface area (Å²) < 4.78 is 4.97. The van der Waals surface area contributed by atoms with Crippen LogP contribution in [0.3, 0.4) is 0 Å². The average molecular weight is 352 g/mol. The van der Waals surface area contributed by atoms with Gasteiger partial charge in [-0.05, 0) is 25.0 Å². The number of hydrazone groups is 1. The Morgan fingerprint density at radius 1 is 1.04 bits per heavy atom. The second kappa shape index (κ2) is 10.0. The summed E-state index contributed by atoms with van der Waals surface area (Å²) in [6, 6.07) is 19.9. The molecule has 0 aliphatic heterocycles. The highest BCUT2D eigenvalue weighted by molar-refractivity contribution is 6.09. The largest absolute Gasteiger partial charge is 0.512 e. The zero-order valence-electron chi connectivity index (χ0n) is 15.1. The number of ether oxygens (including phenoxy) is 1. The minimum Gasteiger partial charge on any atom is -0.512 e. The molecule has 2 aromatic carbocycles. The summed E-state index contributed by atoms with van der Waals surface area (Å²) in [5, 5.41) is 16.0. The number of nitrogens with zero attached hydrogens (tertiary/aromatic N) is 2. The van der Waals surface area contributed by atoms with Gasteiger partial charge >= 0.3 is 5.97 Å². The first-order chi connectivity index (χ1) is 12.6. The van der Waals surface area contributed by atoms with Crippen LogP contribution in [0.25, 0.3) is 0 Å². The second-order valence-corrected chi connectivity index (χ2v) is 5.76. The highest BCUT2D eigenvalue weighted by Gasteiger charge is 2.13. The number of hydrogen-bond donors (Lipinski definition) is 1. The van der Waals surface area contributed by atoms with Gasteiger partial charge in [-0.1, -0.05) is 60.7 Å². The maximum Gasteiger partial charge on any atom is 0.343 e. The molecule has 0 aliphatic rings. The van der Waals surface area contributed by atoms with Crippen LogP contribution in [0, 0.1) is 0 Å². The van der Waals surface area contributed by atoms with Crippen LogP contribution in [0.15, 0.2) is 77.1 Å². The fourth-order valence-corrected chi connectivity index (χ4v) is 2.37. The van der Waals surface area contributed by atoms with Crippen molar-refractivity contribution in [3.8, 4) is 0 Å². The molecular formula is C21H24N2O3. The summed E-state index contributed by atoms with van der Waals surface area (Å²) in [5.41, 5.74) is 2.25. The van der Waals surface area contributed by atoms with Crippen molar-refractivity contribution in [1.29, 1.82) is 0 Å². The molecule has 0 aromatic heterocycles. The molecule has 136 valence electrons. The van der Waals surface area contributed by atoms with E-state index in [1.807, 2.05) is 65.7 Å². The standard InChI is InChI=1S/C21H24N2O3/c1-3-26-21(25)20(17(2)24)14-22-23(15-18-10-6-4-7-11-18)16-19-12-8-5-9-13-19/h4-14,24H,3,15-16H2,1-2H3/b20-17-,22-14+. The number of aliphatic hydroxyl groups is 1. The van der Waals surface area contributed by atoms with Gasteiger partial charge in [0.05, 0.1) is 25.9 Å². The first-order valence-corrected chi connectivity index (χ1v) is 8.54. The van der Waals surface area contributed by atoms with Crippen molar-refractivity contribution in [2.24, 2.45) is 5.10 Å². The highest BCUT2D eigenvalue weighted by atomic mass is 16.5. The van der Waals surface area contributed by atoms with Gasteiger partial charge in [0.25, 0.3) is 0 Å². The maximum absolute atomic E-state index is 12.0. The zero-order chi connectivity index (χ0) is 18.8. The lowest BCUT2D eigenvalue weighted by Crippen LogP contribution is -2.18. The van der Waals surface area contributed by atoms with E-state index < -0.39 is 5.97 Å². The van der Waals surface area contributed by atoms with E-state index in [2.05, 4.69) is 5.10 Å². The molecule has 2 aromatic rings. The molecular weight excluding hydrogens is 328 g/mol. The quantitative estimate of drug-likeness (QED) is 0.256. The van der Waals surface area contributed by atoms with Crippen LogP contribution in [-0.4, -0.2) is 28.9 Å². The van der Waals surface area contributed by atoms with Crippen molar-refractivity contribution >= 4 is 12.2 Å². The SMILES string of the molecule is CCOC(=O)C(/C=N/N(Cc1ccccc1)Cc1ccccc1)=C(/C)O. The van der Waals surface area contributed by atoms with Gasteiger partial charge in [-0.2, -0.15) is 5.10 Å². The van der Waals surface area contributed by atoms with E-state index >= 15 is 0 Å². The smallest absolute Gasteiger partial charge is 0.343 e. The van der Waals surface area contributed by atoms with Gasteiger partial charge in [0, 0.05) is 0 Å². The summed E-state index contributed by atoms with van der Waals surface area (Å²) in [5.74, 6) is -0.706. The third-order valence-electron chi connectivity index (χ3n) is 3.65. The monoisotopic (exact) mass is 352 g/mol. The van der Waals surface area contributed by atoms with Crippen LogP contribution >= 0.6 is 0 Å². The molecule has 5 heteroatoms. The van der Waals surface area contributed by atoms with Gasteiger partial charge in [0.2, 0.25) is 0 Å². The number of aliphatic hydroxyl groups excluding tert-OH is 1. The number of esters is 1. The molecule has 0 bridgehead atoms. The lowest BCUT2D eigenvalue weighted by molar-refractivity contribution is -0.138.